The topological polar surface area (TPSA) is 46.7 Å². The number of carbonyl (C=O) groups excluding carboxylic acids is 2. The Hall–Kier alpha value is -1.00. The van der Waals surface area contributed by atoms with Crippen molar-refractivity contribution in [2.24, 2.45) is 10.8 Å². The van der Waals surface area contributed by atoms with E-state index in [9.17, 15) is 9.59 Å². The quantitative estimate of drug-likeness (QED) is 0.747. The minimum Gasteiger partial charge on any atom is -0.356 e. The Morgan fingerprint density at radius 1 is 1.25 bits per heavy atom. The van der Waals surface area contributed by atoms with Crippen molar-refractivity contribution in [3.8, 4) is 0 Å². The molecular formula is C16H18O3S. The molecule has 0 amide bonds. The molecule has 4 heteroatoms. The number of ketones is 2. The predicted octanol–water partition coefficient (Wildman–Crippen LogP) is 2.95. The van der Waals surface area contributed by atoms with Gasteiger partial charge in [0.05, 0.1) is 5.92 Å². The molecule has 0 unspecified atom stereocenters. The van der Waals surface area contributed by atoms with Crippen molar-refractivity contribution in [3.05, 3.63) is 22.4 Å². The van der Waals surface area contributed by atoms with Crippen LogP contribution in [0.3, 0.4) is 0 Å². The highest BCUT2D eigenvalue weighted by Crippen LogP contribution is 2.74. The molecular weight excluding hydrogens is 272 g/mol. The molecule has 1 aromatic rings. The van der Waals surface area contributed by atoms with Crippen molar-refractivity contribution < 1.29 is 14.3 Å². The van der Waals surface area contributed by atoms with Crippen molar-refractivity contribution in [2.75, 3.05) is 0 Å². The van der Waals surface area contributed by atoms with Crippen LogP contribution in [0.15, 0.2) is 16.8 Å². The second-order valence-corrected chi connectivity index (χ2v) is 8.10. The van der Waals surface area contributed by atoms with Crippen LogP contribution in [0.1, 0.15) is 45.1 Å². The van der Waals surface area contributed by atoms with Crippen LogP contribution in [-0.2, 0) is 14.3 Å². The average molecular weight is 290 g/mol. The Labute approximate surface area is 122 Å². The molecule has 3 fully saturated rings. The van der Waals surface area contributed by atoms with Crippen molar-refractivity contribution in [2.45, 2.75) is 51.2 Å². The third-order valence-corrected chi connectivity index (χ3v) is 6.43. The van der Waals surface area contributed by atoms with Crippen molar-refractivity contribution >= 4 is 22.9 Å². The Kier molecular flexibility index (Phi) is 2.18. The number of thiophene rings is 1. The molecule has 20 heavy (non-hydrogen) atoms. The van der Waals surface area contributed by atoms with Gasteiger partial charge in [-0.25, -0.2) is 0 Å². The van der Waals surface area contributed by atoms with Gasteiger partial charge in [-0.1, -0.05) is 20.8 Å². The average Bonchev–Trinajstić information content (AvgIpc) is 2.84. The number of epoxide rings is 1. The molecule has 3 aliphatic rings. The number of Topliss-reactive ketones (excluding diaryl/α,β-unsaturated/α-hetero) is 2. The Balaban J connectivity index is 1.90. The van der Waals surface area contributed by atoms with Crippen LogP contribution in [0.4, 0.5) is 0 Å². The Morgan fingerprint density at radius 3 is 2.65 bits per heavy atom. The van der Waals surface area contributed by atoms with E-state index in [-0.39, 0.29) is 29.0 Å². The Morgan fingerprint density at radius 2 is 2.00 bits per heavy atom. The molecule has 0 aromatic carbocycles. The van der Waals surface area contributed by atoms with Gasteiger partial charge in [0.15, 0.2) is 5.78 Å². The highest BCUT2D eigenvalue weighted by Gasteiger charge is 2.85. The maximum Gasteiger partial charge on any atom is 0.172 e. The number of carbonyl (C=O) groups is 2. The lowest BCUT2D eigenvalue weighted by Gasteiger charge is -2.48. The first-order chi connectivity index (χ1) is 9.33. The van der Waals surface area contributed by atoms with E-state index in [1.165, 1.54) is 0 Å². The van der Waals surface area contributed by atoms with E-state index in [0.717, 1.165) is 5.56 Å². The lowest BCUT2D eigenvalue weighted by atomic mass is 9.54. The molecule has 2 aliphatic carbocycles. The van der Waals surface area contributed by atoms with E-state index in [1.54, 1.807) is 11.3 Å². The molecule has 1 spiro atoms. The molecule has 0 radical (unpaired) electrons. The monoisotopic (exact) mass is 290 g/mol. The summed E-state index contributed by atoms with van der Waals surface area (Å²) in [6.07, 6.45) is 0.669. The van der Waals surface area contributed by atoms with E-state index in [2.05, 4.69) is 20.8 Å². The summed E-state index contributed by atoms with van der Waals surface area (Å²) in [5, 5.41) is 4.04. The maximum absolute atomic E-state index is 12.8. The van der Waals surface area contributed by atoms with Gasteiger partial charge < -0.3 is 4.74 Å². The normalized spacial score (nSPS) is 45.1. The van der Waals surface area contributed by atoms with E-state index in [4.69, 9.17) is 4.74 Å². The fourth-order valence-electron chi connectivity index (χ4n) is 5.11. The lowest BCUT2D eigenvalue weighted by Crippen LogP contribution is -2.53. The molecule has 2 saturated carbocycles. The number of hydrogen-bond donors (Lipinski definition) is 0. The second-order valence-electron chi connectivity index (χ2n) is 7.32. The third-order valence-electron chi connectivity index (χ3n) is 5.73. The zero-order valence-electron chi connectivity index (χ0n) is 11.9. The molecule has 4 atom stereocenters. The van der Waals surface area contributed by atoms with E-state index >= 15 is 0 Å². The van der Waals surface area contributed by atoms with Crippen LogP contribution >= 0.6 is 11.3 Å². The van der Waals surface area contributed by atoms with Gasteiger partial charge in [-0.3, -0.25) is 9.59 Å². The zero-order chi connectivity index (χ0) is 14.3. The molecule has 2 heterocycles. The summed E-state index contributed by atoms with van der Waals surface area (Å²) in [6.45, 7) is 6.23. The van der Waals surface area contributed by atoms with Crippen molar-refractivity contribution in [3.63, 3.8) is 0 Å². The summed E-state index contributed by atoms with van der Waals surface area (Å²) in [5.41, 5.74) is -0.0304. The maximum atomic E-state index is 12.8. The highest BCUT2D eigenvalue weighted by molar-refractivity contribution is 7.08. The first-order valence-electron chi connectivity index (χ1n) is 7.09. The zero-order valence-corrected chi connectivity index (χ0v) is 12.8. The molecule has 1 aliphatic heterocycles. The molecule has 3 nitrogen and oxygen atoms in total. The van der Waals surface area contributed by atoms with Crippen molar-refractivity contribution in [1.29, 1.82) is 0 Å². The number of ether oxygens (including phenoxy) is 1. The summed E-state index contributed by atoms with van der Waals surface area (Å²) in [4.78, 5) is 25.0. The highest BCUT2D eigenvalue weighted by atomic mass is 32.1. The fourth-order valence-corrected chi connectivity index (χ4v) is 5.80. The van der Waals surface area contributed by atoms with Gasteiger partial charge >= 0.3 is 0 Å². The molecule has 1 saturated heterocycles. The Bertz CT molecular complexity index is 618. The minimum atomic E-state index is -0.433. The largest absolute Gasteiger partial charge is 0.356 e. The summed E-state index contributed by atoms with van der Waals surface area (Å²) < 4.78 is 5.95. The van der Waals surface area contributed by atoms with Crippen LogP contribution in [0.5, 0.6) is 0 Å². The first-order valence-corrected chi connectivity index (χ1v) is 8.03. The van der Waals surface area contributed by atoms with Crippen LogP contribution in [0.25, 0.3) is 0 Å². The smallest absolute Gasteiger partial charge is 0.172 e. The summed E-state index contributed by atoms with van der Waals surface area (Å²) in [6, 6.07) is 2.02. The van der Waals surface area contributed by atoms with Gasteiger partial charge in [0.2, 0.25) is 0 Å². The number of hydrogen-bond acceptors (Lipinski definition) is 4. The van der Waals surface area contributed by atoms with Gasteiger partial charge in [0, 0.05) is 23.7 Å². The lowest BCUT2D eigenvalue weighted by molar-refractivity contribution is -0.139. The van der Waals surface area contributed by atoms with E-state index < -0.39 is 11.0 Å². The van der Waals surface area contributed by atoms with Gasteiger partial charge in [0.25, 0.3) is 0 Å². The molecule has 4 rings (SSSR count). The molecule has 1 aromatic heterocycles. The van der Waals surface area contributed by atoms with Crippen molar-refractivity contribution in [1.82, 2.24) is 0 Å². The van der Waals surface area contributed by atoms with E-state index in [0.29, 0.717) is 12.8 Å². The van der Waals surface area contributed by atoms with E-state index in [1.807, 2.05) is 16.8 Å². The number of rotatable bonds is 1. The summed E-state index contributed by atoms with van der Waals surface area (Å²) >= 11 is 1.60. The van der Waals surface area contributed by atoms with Gasteiger partial charge in [-0.05, 0) is 22.4 Å². The van der Waals surface area contributed by atoms with Crippen LogP contribution in [-0.4, -0.2) is 23.3 Å². The van der Waals surface area contributed by atoms with Gasteiger partial charge in [-0.2, -0.15) is 11.3 Å². The second kappa shape index (κ2) is 3.42. The SMILES string of the molecule is CC1(C)CC(=O)C[C@]2(C)[C@@H](c3ccsc3)C(=O)[C@@H]3O[C@]312. The first kappa shape index (κ1) is 12.7. The van der Waals surface area contributed by atoms with Crippen LogP contribution < -0.4 is 0 Å². The standard InChI is InChI=1S/C16H18O3S/c1-14(2)6-10(17)7-15(3)11(9-4-5-20-8-9)12(18)13-16(14,15)19-13/h4-5,8,11,13H,6-7H2,1-3H3/t11-,13-,15+,16+/m0/s1. The summed E-state index contributed by atoms with van der Waals surface area (Å²) in [5.74, 6) is 0.247. The fraction of sp³-hybridized carbons (Fsp3) is 0.625. The van der Waals surface area contributed by atoms with Gasteiger partial charge in [-0.15, -0.1) is 0 Å². The predicted molar refractivity (Wildman–Crippen MR) is 75.8 cm³/mol. The van der Waals surface area contributed by atoms with Crippen LogP contribution in [0.2, 0.25) is 0 Å². The van der Waals surface area contributed by atoms with Gasteiger partial charge in [0.1, 0.15) is 17.5 Å². The van der Waals surface area contributed by atoms with Crippen LogP contribution in [0, 0.1) is 10.8 Å². The molecule has 0 bridgehead atoms. The molecule has 106 valence electrons. The molecule has 0 N–H and O–H groups in total. The minimum absolute atomic E-state index is 0.175. The summed E-state index contributed by atoms with van der Waals surface area (Å²) in [7, 11) is 0. The third kappa shape index (κ3) is 1.17.